The second-order valence-corrected chi connectivity index (χ2v) is 2.65. The predicted octanol–water partition coefficient (Wildman–Crippen LogP) is 1.96. The number of hydrogen-bond acceptors (Lipinski definition) is 3. The Labute approximate surface area is 78.5 Å². The fraction of sp³-hybridized carbons (Fsp3) is 0.286. The smallest absolute Gasteiger partial charge is 0.272 e. The Morgan fingerprint density at radius 2 is 2.23 bits per heavy atom. The van der Waals surface area contributed by atoms with E-state index >= 15 is 0 Å². The summed E-state index contributed by atoms with van der Waals surface area (Å²) in [4.78, 5) is 3.65. The van der Waals surface area contributed by atoms with Gasteiger partial charge in [0.25, 0.3) is 6.43 Å². The minimum absolute atomic E-state index is 0.0527. The third-order valence-corrected chi connectivity index (χ3v) is 1.50. The summed E-state index contributed by atoms with van der Waals surface area (Å²) in [6.45, 7) is -0.728. The van der Waals surface area contributed by atoms with E-state index in [0.717, 1.165) is 0 Å². The molecule has 0 fully saturated rings. The van der Waals surface area contributed by atoms with Crippen molar-refractivity contribution in [2.24, 2.45) is 0 Å². The van der Waals surface area contributed by atoms with Crippen LogP contribution in [-0.2, 0) is 0 Å². The van der Waals surface area contributed by atoms with Crippen LogP contribution < -0.4 is 10.5 Å². The summed E-state index contributed by atoms with van der Waals surface area (Å²) in [5.41, 5.74) is 5.54. The molecule has 0 unspecified atom stereocenters. The van der Waals surface area contributed by atoms with Gasteiger partial charge in [-0.05, 0) is 0 Å². The fourth-order valence-corrected chi connectivity index (χ4v) is 0.957. The molecule has 1 aromatic heterocycles. The van der Waals surface area contributed by atoms with E-state index in [1.165, 1.54) is 12.4 Å². The molecule has 1 heterocycles. The van der Waals surface area contributed by atoms with Crippen LogP contribution in [0.25, 0.3) is 0 Å². The molecule has 72 valence electrons. The Kier molecular flexibility index (Phi) is 3.25. The van der Waals surface area contributed by atoms with Crippen molar-refractivity contribution in [1.82, 2.24) is 4.98 Å². The predicted molar refractivity (Wildman–Crippen MR) is 45.2 cm³/mol. The van der Waals surface area contributed by atoms with Crippen LogP contribution in [0.5, 0.6) is 5.75 Å². The number of hydrogen-bond donors (Lipinski definition) is 1. The Morgan fingerprint density at radius 1 is 1.54 bits per heavy atom. The number of aromatic nitrogens is 1. The van der Waals surface area contributed by atoms with Gasteiger partial charge >= 0.3 is 0 Å². The Morgan fingerprint density at radius 3 is 2.77 bits per heavy atom. The number of alkyl halides is 2. The highest BCUT2D eigenvalue weighted by atomic mass is 35.5. The van der Waals surface area contributed by atoms with Gasteiger partial charge < -0.3 is 10.5 Å². The van der Waals surface area contributed by atoms with Crippen molar-refractivity contribution in [2.75, 3.05) is 12.3 Å². The Bertz CT molecular complexity index is 276. The van der Waals surface area contributed by atoms with E-state index in [-0.39, 0.29) is 16.5 Å². The second kappa shape index (κ2) is 4.23. The monoisotopic (exact) mass is 208 g/mol. The molecule has 6 heteroatoms. The zero-order chi connectivity index (χ0) is 9.84. The van der Waals surface area contributed by atoms with Crippen molar-refractivity contribution in [3.8, 4) is 5.75 Å². The molecule has 2 N–H and O–H groups in total. The van der Waals surface area contributed by atoms with Gasteiger partial charge in [-0.2, -0.15) is 0 Å². The van der Waals surface area contributed by atoms with Crippen LogP contribution in [-0.4, -0.2) is 18.0 Å². The van der Waals surface area contributed by atoms with Crippen molar-refractivity contribution in [2.45, 2.75) is 6.43 Å². The van der Waals surface area contributed by atoms with Gasteiger partial charge in [-0.25, -0.2) is 8.78 Å². The molecule has 0 aromatic carbocycles. The van der Waals surface area contributed by atoms with Gasteiger partial charge in [0, 0.05) is 6.20 Å². The highest BCUT2D eigenvalue weighted by molar-refractivity contribution is 6.32. The summed E-state index contributed by atoms with van der Waals surface area (Å²) in [6, 6.07) is 0. The van der Waals surface area contributed by atoms with Crippen molar-refractivity contribution < 1.29 is 13.5 Å². The van der Waals surface area contributed by atoms with E-state index in [1.54, 1.807) is 0 Å². The lowest BCUT2D eigenvalue weighted by Crippen LogP contribution is -2.08. The molecule has 0 saturated heterocycles. The first-order chi connectivity index (χ1) is 6.11. The molecule has 1 aromatic rings. The summed E-state index contributed by atoms with van der Waals surface area (Å²) >= 11 is 5.60. The third kappa shape index (κ3) is 2.69. The molecule has 0 radical (unpaired) electrons. The van der Waals surface area contributed by atoms with E-state index in [2.05, 4.69) is 9.72 Å². The van der Waals surface area contributed by atoms with Gasteiger partial charge in [0.05, 0.1) is 11.9 Å². The molecular formula is C7H7ClF2N2O. The molecule has 0 aliphatic heterocycles. The molecule has 0 spiro atoms. The minimum Gasteiger partial charge on any atom is -0.484 e. The molecule has 0 bridgehead atoms. The zero-order valence-electron chi connectivity index (χ0n) is 6.51. The maximum atomic E-state index is 11.8. The molecule has 0 aliphatic carbocycles. The third-order valence-electron chi connectivity index (χ3n) is 1.23. The minimum atomic E-state index is -2.55. The number of ether oxygens (including phenoxy) is 1. The molecule has 13 heavy (non-hydrogen) atoms. The van der Waals surface area contributed by atoms with E-state index in [4.69, 9.17) is 17.3 Å². The molecular weight excluding hydrogens is 202 g/mol. The summed E-state index contributed by atoms with van der Waals surface area (Å²) in [5, 5.41) is 0.126. The number of nitrogens with two attached hydrogens (primary N) is 1. The molecule has 3 nitrogen and oxygen atoms in total. The second-order valence-electron chi connectivity index (χ2n) is 2.24. The lowest BCUT2D eigenvalue weighted by Gasteiger charge is -2.08. The first kappa shape index (κ1) is 9.98. The lowest BCUT2D eigenvalue weighted by molar-refractivity contribution is 0.0823. The van der Waals surface area contributed by atoms with Gasteiger partial charge in [-0.3, -0.25) is 4.98 Å². The molecule has 0 aliphatic rings. The van der Waals surface area contributed by atoms with Gasteiger partial charge in [0.1, 0.15) is 11.6 Å². The van der Waals surface area contributed by atoms with Gasteiger partial charge in [0.2, 0.25) is 0 Å². The number of anilines is 1. The molecule has 0 saturated carbocycles. The van der Waals surface area contributed by atoms with Crippen LogP contribution >= 0.6 is 11.6 Å². The van der Waals surface area contributed by atoms with Crippen molar-refractivity contribution in [3.05, 3.63) is 17.4 Å². The summed E-state index contributed by atoms with van der Waals surface area (Å²) in [6.07, 6.45) is 0.00872. The summed E-state index contributed by atoms with van der Waals surface area (Å²) in [7, 11) is 0. The van der Waals surface area contributed by atoms with E-state index in [1.807, 2.05) is 0 Å². The van der Waals surface area contributed by atoms with Gasteiger partial charge in [-0.1, -0.05) is 11.6 Å². The first-order valence-corrected chi connectivity index (χ1v) is 3.79. The quantitative estimate of drug-likeness (QED) is 0.826. The number of nitrogens with zero attached hydrogens (tertiary/aromatic N) is 1. The van der Waals surface area contributed by atoms with Crippen molar-refractivity contribution >= 4 is 17.3 Å². The normalized spacial score (nSPS) is 10.5. The number of nitrogen functional groups attached to an aromatic ring is 1. The Hall–Kier alpha value is -1.10. The number of halogens is 3. The number of rotatable bonds is 3. The van der Waals surface area contributed by atoms with Gasteiger partial charge in [0.15, 0.2) is 5.75 Å². The Balaban J connectivity index is 2.75. The highest BCUT2D eigenvalue weighted by Crippen LogP contribution is 2.29. The average Bonchev–Trinajstić information content (AvgIpc) is 2.03. The van der Waals surface area contributed by atoms with Crippen LogP contribution in [0, 0.1) is 0 Å². The molecule has 0 atom stereocenters. The first-order valence-electron chi connectivity index (χ1n) is 3.41. The summed E-state index contributed by atoms with van der Waals surface area (Å²) in [5.74, 6) is 0.0527. The van der Waals surface area contributed by atoms with E-state index < -0.39 is 13.0 Å². The summed E-state index contributed by atoms with van der Waals surface area (Å²) < 4.78 is 28.2. The number of pyridine rings is 1. The maximum absolute atomic E-state index is 11.8. The van der Waals surface area contributed by atoms with Crippen LogP contribution in [0.4, 0.5) is 14.5 Å². The maximum Gasteiger partial charge on any atom is 0.272 e. The van der Waals surface area contributed by atoms with Gasteiger partial charge in [-0.15, -0.1) is 0 Å². The fourth-order valence-electron chi connectivity index (χ4n) is 0.737. The zero-order valence-corrected chi connectivity index (χ0v) is 7.26. The standard InChI is InChI=1S/C7H7ClF2N2O/c8-4-1-12-2-5(11)7(4)13-3-6(9)10/h1-2,6H,3,11H2. The van der Waals surface area contributed by atoms with Crippen LogP contribution in [0.1, 0.15) is 0 Å². The van der Waals surface area contributed by atoms with Crippen LogP contribution in [0.15, 0.2) is 12.4 Å². The lowest BCUT2D eigenvalue weighted by atomic mass is 10.4. The van der Waals surface area contributed by atoms with Crippen LogP contribution in [0.3, 0.4) is 0 Å². The van der Waals surface area contributed by atoms with Crippen LogP contribution in [0.2, 0.25) is 5.02 Å². The van der Waals surface area contributed by atoms with Crippen molar-refractivity contribution in [3.63, 3.8) is 0 Å². The highest BCUT2D eigenvalue weighted by Gasteiger charge is 2.09. The van der Waals surface area contributed by atoms with E-state index in [9.17, 15) is 8.78 Å². The largest absolute Gasteiger partial charge is 0.484 e. The molecule has 1 rings (SSSR count). The molecule has 0 amide bonds. The van der Waals surface area contributed by atoms with E-state index in [0.29, 0.717) is 0 Å². The SMILES string of the molecule is Nc1cncc(Cl)c1OCC(F)F. The average molecular weight is 209 g/mol. The van der Waals surface area contributed by atoms with Crippen molar-refractivity contribution in [1.29, 1.82) is 0 Å². The topological polar surface area (TPSA) is 48.1 Å².